The highest BCUT2D eigenvalue weighted by Gasteiger charge is 2.08. The van der Waals surface area contributed by atoms with Crippen LogP contribution in [0.15, 0.2) is 12.1 Å². The van der Waals surface area contributed by atoms with Crippen molar-refractivity contribution in [3.63, 3.8) is 0 Å². The predicted molar refractivity (Wildman–Crippen MR) is 44.5 cm³/mol. The van der Waals surface area contributed by atoms with Crippen LogP contribution in [0.5, 0.6) is 11.5 Å². The molecule has 0 spiro atoms. The van der Waals surface area contributed by atoms with E-state index in [0.29, 0.717) is 5.75 Å². The minimum Gasteiger partial charge on any atom is -0.495 e. The zero-order valence-corrected chi connectivity index (χ0v) is 7.48. The monoisotopic (exact) mass is 189 g/mol. The minimum absolute atomic E-state index is 0.122. The molecule has 0 heterocycles. The van der Waals surface area contributed by atoms with E-state index in [2.05, 4.69) is 0 Å². The maximum absolute atomic E-state index is 12.9. The van der Waals surface area contributed by atoms with Gasteiger partial charge in [0.15, 0.2) is 11.6 Å². The average molecular weight is 190 g/mol. The summed E-state index contributed by atoms with van der Waals surface area (Å²) in [7, 11) is 2.84. The third-order valence-electron chi connectivity index (χ3n) is 1.43. The van der Waals surface area contributed by atoms with E-state index in [1.165, 1.54) is 20.3 Å². The fraction of sp³-hybridized carbons (Fsp3) is 0.250. The Bertz CT molecular complexity index is 263. The molecular weight excluding hydrogens is 182 g/mol. The van der Waals surface area contributed by atoms with Crippen molar-refractivity contribution in [2.75, 3.05) is 14.2 Å². The molecule has 0 aliphatic heterocycles. The van der Waals surface area contributed by atoms with E-state index in [1.807, 2.05) is 0 Å². The quantitative estimate of drug-likeness (QED) is 0.712. The average Bonchev–Trinajstić information content (AvgIpc) is 2.05. The van der Waals surface area contributed by atoms with Crippen LogP contribution < -0.4 is 9.47 Å². The highest BCUT2D eigenvalue weighted by molar-refractivity contribution is 6.32. The molecular formula is C8H8ClFO2. The molecule has 0 N–H and O–H groups in total. The van der Waals surface area contributed by atoms with Crippen LogP contribution in [0.2, 0.25) is 5.02 Å². The van der Waals surface area contributed by atoms with Crippen LogP contribution in [0.4, 0.5) is 4.39 Å². The van der Waals surface area contributed by atoms with Gasteiger partial charge >= 0.3 is 0 Å². The molecule has 0 aliphatic carbocycles. The Hall–Kier alpha value is -0.960. The summed E-state index contributed by atoms with van der Waals surface area (Å²) in [6, 6.07) is 2.55. The van der Waals surface area contributed by atoms with E-state index in [9.17, 15) is 4.39 Å². The molecule has 0 fully saturated rings. The molecule has 66 valence electrons. The summed E-state index contributed by atoms with van der Waals surface area (Å²) in [5.41, 5.74) is 0. The molecule has 1 aromatic rings. The van der Waals surface area contributed by atoms with Crippen molar-refractivity contribution in [1.29, 1.82) is 0 Å². The molecule has 0 bridgehead atoms. The van der Waals surface area contributed by atoms with Crippen LogP contribution in [0.25, 0.3) is 0 Å². The van der Waals surface area contributed by atoms with Crippen molar-refractivity contribution in [2.45, 2.75) is 0 Å². The van der Waals surface area contributed by atoms with Gasteiger partial charge in [-0.25, -0.2) is 4.39 Å². The van der Waals surface area contributed by atoms with Gasteiger partial charge in [0.1, 0.15) is 5.75 Å². The van der Waals surface area contributed by atoms with E-state index in [-0.39, 0.29) is 10.8 Å². The molecule has 0 atom stereocenters. The third-order valence-corrected chi connectivity index (χ3v) is 1.72. The highest BCUT2D eigenvalue weighted by atomic mass is 35.5. The van der Waals surface area contributed by atoms with Gasteiger partial charge in [0, 0.05) is 12.1 Å². The number of ether oxygens (including phenoxy) is 2. The van der Waals surface area contributed by atoms with Crippen LogP contribution in [0.1, 0.15) is 0 Å². The SMILES string of the molecule is COc1cc(OC)c(Cl)cc1[18F]. The van der Waals surface area contributed by atoms with E-state index in [0.717, 1.165) is 6.07 Å². The zero-order valence-electron chi connectivity index (χ0n) is 6.73. The molecule has 4 heteroatoms. The number of hydrogen-bond donors (Lipinski definition) is 0. The second-order valence-electron chi connectivity index (χ2n) is 2.12. The van der Waals surface area contributed by atoms with Crippen molar-refractivity contribution in [1.82, 2.24) is 0 Å². The van der Waals surface area contributed by atoms with Crippen LogP contribution >= 0.6 is 11.6 Å². The fourth-order valence-electron chi connectivity index (χ4n) is 0.823. The van der Waals surface area contributed by atoms with Crippen LogP contribution in [0, 0.1) is 5.82 Å². The fourth-order valence-corrected chi connectivity index (χ4v) is 1.05. The summed E-state index contributed by atoms with van der Waals surface area (Å²) in [6.07, 6.45) is 0. The molecule has 0 aliphatic rings. The maximum Gasteiger partial charge on any atom is 0.166 e. The first-order chi connectivity index (χ1) is 5.69. The van der Waals surface area contributed by atoms with Gasteiger partial charge in [-0.15, -0.1) is 0 Å². The lowest BCUT2D eigenvalue weighted by atomic mass is 10.3. The van der Waals surface area contributed by atoms with Crippen molar-refractivity contribution in [3.8, 4) is 11.5 Å². The summed E-state index contributed by atoms with van der Waals surface area (Å²) in [5, 5.41) is 0.232. The number of halogens is 2. The first kappa shape index (κ1) is 9.13. The molecule has 1 rings (SSSR count). The number of rotatable bonds is 2. The van der Waals surface area contributed by atoms with Gasteiger partial charge < -0.3 is 9.47 Å². The van der Waals surface area contributed by atoms with E-state index in [1.54, 1.807) is 0 Å². The highest BCUT2D eigenvalue weighted by Crippen LogP contribution is 2.31. The number of hydrogen-bond acceptors (Lipinski definition) is 2. The molecule has 0 amide bonds. The summed E-state index contributed by atoms with van der Waals surface area (Å²) < 4.78 is 22.5. The molecule has 0 saturated carbocycles. The lowest BCUT2D eigenvalue weighted by Gasteiger charge is -2.06. The van der Waals surface area contributed by atoms with E-state index in [4.69, 9.17) is 21.1 Å². The van der Waals surface area contributed by atoms with Crippen molar-refractivity contribution in [3.05, 3.63) is 23.0 Å². The van der Waals surface area contributed by atoms with Gasteiger partial charge in [0.2, 0.25) is 0 Å². The molecule has 1 aromatic carbocycles. The first-order valence-electron chi connectivity index (χ1n) is 3.26. The molecule has 12 heavy (non-hydrogen) atoms. The first-order valence-corrected chi connectivity index (χ1v) is 3.64. The number of methoxy groups -OCH3 is 2. The topological polar surface area (TPSA) is 18.5 Å². The Labute approximate surface area is 74.9 Å². The number of benzene rings is 1. The standard InChI is InChI=1S/C8H8ClFO2/c1-11-7-4-8(12-2)6(10)3-5(7)9/h3-4H,1-2H3/i10-1. The summed E-state index contributed by atoms with van der Waals surface area (Å²) in [5.74, 6) is 0.0227. The van der Waals surface area contributed by atoms with Crippen molar-refractivity contribution < 1.29 is 13.9 Å². The molecule has 0 saturated heterocycles. The largest absolute Gasteiger partial charge is 0.495 e. The second kappa shape index (κ2) is 3.63. The third kappa shape index (κ3) is 1.61. The van der Waals surface area contributed by atoms with Gasteiger partial charge in [-0.05, 0) is 0 Å². The molecule has 2 nitrogen and oxygen atoms in total. The smallest absolute Gasteiger partial charge is 0.166 e. The molecule has 0 unspecified atom stereocenters. The summed E-state index contributed by atoms with van der Waals surface area (Å²) in [6.45, 7) is 0. The van der Waals surface area contributed by atoms with Gasteiger partial charge in [-0.2, -0.15) is 0 Å². The maximum atomic E-state index is 12.9. The molecule has 0 aromatic heterocycles. The zero-order chi connectivity index (χ0) is 9.14. The second-order valence-corrected chi connectivity index (χ2v) is 2.53. The Morgan fingerprint density at radius 1 is 1.17 bits per heavy atom. The van der Waals surface area contributed by atoms with Gasteiger partial charge in [0.25, 0.3) is 0 Å². The minimum atomic E-state index is -0.497. The molecule has 0 radical (unpaired) electrons. The van der Waals surface area contributed by atoms with Crippen molar-refractivity contribution >= 4 is 11.6 Å². The lowest BCUT2D eigenvalue weighted by molar-refractivity contribution is 0.374. The lowest BCUT2D eigenvalue weighted by Crippen LogP contribution is -1.91. The van der Waals surface area contributed by atoms with E-state index >= 15 is 0 Å². The Morgan fingerprint density at radius 2 is 1.75 bits per heavy atom. The van der Waals surface area contributed by atoms with Gasteiger partial charge in [-0.1, -0.05) is 11.6 Å². The van der Waals surface area contributed by atoms with Crippen LogP contribution in [-0.2, 0) is 0 Å². The van der Waals surface area contributed by atoms with Gasteiger partial charge in [-0.3, -0.25) is 0 Å². The Balaban J connectivity index is 3.18. The van der Waals surface area contributed by atoms with E-state index < -0.39 is 5.82 Å². The van der Waals surface area contributed by atoms with Crippen LogP contribution in [0.3, 0.4) is 0 Å². The predicted octanol–water partition coefficient (Wildman–Crippen LogP) is 2.50. The normalized spacial score (nSPS) is 9.67. The Morgan fingerprint density at radius 3 is 2.25 bits per heavy atom. The van der Waals surface area contributed by atoms with Crippen LogP contribution in [-0.4, -0.2) is 14.2 Å². The Kier molecular flexibility index (Phi) is 2.76. The summed E-state index contributed by atoms with van der Waals surface area (Å²) in [4.78, 5) is 0. The van der Waals surface area contributed by atoms with Crippen molar-refractivity contribution in [2.24, 2.45) is 0 Å². The van der Waals surface area contributed by atoms with Gasteiger partial charge in [0.05, 0.1) is 19.2 Å². The summed E-state index contributed by atoms with van der Waals surface area (Å²) >= 11 is 5.64.